The summed E-state index contributed by atoms with van der Waals surface area (Å²) in [6, 6.07) is 14.6. The van der Waals surface area contributed by atoms with E-state index in [1.165, 1.54) is 16.7 Å². The van der Waals surface area contributed by atoms with Crippen LogP contribution in [0.25, 0.3) is 0 Å². The summed E-state index contributed by atoms with van der Waals surface area (Å²) in [6.07, 6.45) is 1.02. The second kappa shape index (κ2) is 6.53. The van der Waals surface area contributed by atoms with E-state index in [-0.39, 0.29) is 0 Å². The zero-order chi connectivity index (χ0) is 14.5. The van der Waals surface area contributed by atoms with Crippen LogP contribution in [0.4, 0.5) is 11.4 Å². The maximum Gasteiger partial charge on any atom is 0.175 e. The highest BCUT2D eigenvalue weighted by Gasteiger charge is 2.01. The molecule has 104 valence electrons. The molecule has 0 atom stereocenters. The van der Waals surface area contributed by atoms with Crippen molar-refractivity contribution in [2.24, 2.45) is 0 Å². The maximum atomic E-state index is 5.36. The number of aryl methyl sites for hydroxylation is 3. The van der Waals surface area contributed by atoms with Crippen molar-refractivity contribution in [3.8, 4) is 0 Å². The van der Waals surface area contributed by atoms with E-state index in [0.717, 1.165) is 17.8 Å². The van der Waals surface area contributed by atoms with E-state index in [2.05, 4.69) is 61.7 Å². The molecule has 0 radical (unpaired) electrons. The summed E-state index contributed by atoms with van der Waals surface area (Å²) in [5.41, 5.74) is 5.79. The number of hydrogen-bond acceptors (Lipinski definition) is 1. The van der Waals surface area contributed by atoms with Crippen molar-refractivity contribution in [2.45, 2.75) is 27.2 Å². The molecule has 0 saturated heterocycles. The van der Waals surface area contributed by atoms with Gasteiger partial charge in [-0.3, -0.25) is 0 Å². The average molecular weight is 284 g/mol. The normalized spacial score (nSPS) is 10.2. The van der Waals surface area contributed by atoms with E-state index in [9.17, 15) is 0 Å². The molecule has 2 rings (SSSR count). The van der Waals surface area contributed by atoms with Crippen LogP contribution in [0.1, 0.15) is 23.6 Å². The van der Waals surface area contributed by atoms with Crippen LogP contribution in [0.15, 0.2) is 42.5 Å². The van der Waals surface area contributed by atoms with Gasteiger partial charge in [-0.2, -0.15) is 0 Å². The second-order valence-corrected chi connectivity index (χ2v) is 5.42. The highest BCUT2D eigenvalue weighted by Crippen LogP contribution is 2.15. The van der Waals surface area contributed by atoms with Gasteiger partial charge in [0.15, 0.2) is 5.11 Å². The van der Waals surface area contributed by atoms with Crippen LogP contribution in [0.2, 0.25) is 0 Å². The first-order valence-electron chi connectivity index (χ1n) is 6.82. The van der Waals surface area contributed by atoms with Crippen molar-refractivity contribution in [3.05, 3.63) is 59.2 Å². The second-order valence-electron chi connectivity index (χ2n) is 5.01. The molecule has 0 heterocycles. The van der Waals surface area contributed by atoms with Gasteiger partial charge in [0.05, 0.1) is 0 Å². The molecule has 0 unspecified atom stereocenters. The minimum atomic E-state index is 0.614. The molecule has 0 aromatic heterocycles. The molecular formula is C17H20N2S. The number of benzene rings is 2. The van der Waals surface area contributed by atoms with Crippen molar-refractivity contribution < 1.29 is 0 Å². The Bertz CT molecular complexity index is 600. The molecule has 2 nitrogen and oxygen atoms in total. The average Bonchev–Trinajstić information content (AvgIpc) is 2.37. The lowest BCUT2D eigenvalue weighted by molar-refractivity contribution is 1.14. The fourth-order valence-corrected chi connectivity index (χ4v) is 2.44. The highest BCUT2D eigenvalue weighted by molar-refractivity contribution is 7.80. The van der Waals surface area contributed by atoms with Crippen molar-refractivity contribution in [1.29, 1.82) is 0 Å². The number of rotatable bonds is 3. The number of nitrogens with one attached hydrogen (secondary N) is 2. The Morgan fingerprint density at radius 3 is 2.25 bits per heavy atom. The first-order valence-corrected chi connectivity index (χ1v) is 7.23. The maximum absolute atomic E-state index is 5.36. The fourth-order valence-electron chi connectivity index (χ4n) is 2.21. The standard InChI is InChI=1S/C17H20N2S/c1-4-14-6-5-7-15(11-14)18-17(20)19-16-9-12(2)8-13(3)10-16/h5-11H,4H2,1-3H3,(H2,18,19,20). The molecule has 2 aromatic rings. The molecule has 2 aromatic carbocycles. The summed E-state index contributed by atoms with van der Waals surface area (Å²) >= 11 is 5.36. The van der Waals surface area contributed by atoms with E-state index in [0.29, 0.717) is 5.11 Å². The van der Waals surface area contributed by atoms with E-state index >= 15 is 0 Å². The van der Waals surface area contributed by atoms with Gasteiger partial charge >= 0.3 is 0 Å². The molecule has 0 fully saturated rings. The Morgan fingerprint density at radius 2 is 1.60 bits per heavy atom. The molecule has 0 aliphatic carbocycles. The van der Waals surface area contributed by atoms with Crippen LogP contribution in [0, 0.1) is 13.8 Å². The third kappa shape index (κ3) is 4.07. The van der Waals surface area contributed by atoms with Crippen molar-refractivity contribution in [3.63, 3.8) is 0 Å². The SMILES string of the molecule is CCc1cccc(NC(=S)Nc2cc(C)cc(C)c2)c1. The summed E-state index contributed by atoms with van der Waals surface area (Å²) in [7, 11) is 0. The van der Waals surface area contributed by atoms with Gasteiger partial charge in [-0.15, -0.1) is 0 Å². The smallest absolute Gasteiger partial charge is 0.175 e. The number of hydrogen-bond donors (Lipinski definition) is 2. The Kier molecular flexibility index (Phi) is 4.74. The third-order valence-corrected chi connectivity index (χ3v) is 3.28. The lowest BCUT2D eigenvalue weighted by Crippen LogP contribution is -2.19. The van der Waals surface area contributed by atoms with Gasteiger partial charge < -0.3 is 10.6 Å². The van der Waals surface area contributed by atoms with Crippen LogP contribution in [-0.2, 0) is 6.42 Å². The molecule has 0 spiro atoms. The predicted octanol–water partition coefficient (Wildman–Crippen LogP) is 4.67. The van der Waals surface area contributed by atoms with Gasteiger partial charge in [0.2, 0.25) is 0 Å². The Labute approximate surface area is 126 Å². The van der Waals surface area contributed by atoms with Gasteiger partial charge in [0.1, 0.15) is 0 Å². The molecule has 0 saturated carbocycles. The minimum Gasteiger partial charge on any atom is -0.332 e. The van der Waals surface area contributed by atoms with Gasteiger partial charge in [-0.05, 0) is 73.4 Å². The first kappa shape index (κ1) is 14.5. The summed E-state index contributed by atoms with van der Waals surface area (Å²) in [5.74, 6) is 0. The molecule has 0 aliphatic rings. The van der Waals surface area contributed by atoms with E-state index in [4.69, 9.17) is 12.2 Å². The largest absolute Gasteiger partial charge is 0.332 e. The lowest BCUT2D eigenvalue weighted by atomic mass is 10.1. The third-order valence-electron chi connectivity index (χ3n) is 3.07. The quantitative estimate of drug-likeness (QED) is 0.801. The van der Waals surface area contributed by atoms with Crippen LogP contribution < -0.4 is 10.6 Å². The molecule has 0 amide bonds. The minimum absolute atomic E-state index is 0.614. The Hall–Kier alpha value is -1.87. The van der Waals surface area contributed by atoms with Crippen molar-refractivity contribution in [2.75, 3.05) is 10.6 Å². The zero-order valence-corrected chi connectivity index (χ0v) is 13.0. The van der Waals surface area contributed by atoms with Gasteiger partial charge in [0, 0.05) is 11.4 Å². The Morgan fingerprint density at radius 1 is 0.950 bits per heavy atom. The zero-order valence-electron chi connectivity index (χ0n) is 12.2. The van der Waals surface area contributed by atoms with Crippen molar-refractivity contribution >= 4 is 28.7 Å². The lowest BCUT2D eigenvalue weighted by Gasteiger charge is -2.12. The number of thiocarbonyl (C=S) groups is 1. The summed E-state index contributed by atoms with van der Waals surface area (Å²) in [4.78, 5) is 0. The molecule has 2 N–H and O–H groups in total. The molecule has 0 aliphatic heterocycles. The monoisotopic (exact) mass is 284 g/mol. The molecule has 20 heavy (non-hydrogen) atoms. The van der Waals surface area contributed by atoms with E-state index in [1.54, 1.807) is 0 Å². The summed E-state index contributed by atoms with van der Waals surface area (Å²) in [6.45, 7) is 6.31. The molecule has 3 heteroatoms. The predicted molar refractivity (Wildman–Crippen MR) is 91.6 cm³/mol. The molecule has 0 bridgehead atoms. The Balaban J connectivity index is 2.04. The van der Waals surface area contributed by atoms with Crippen LogP contribution in [0.5, 0.6) is 0 Å². The highest BCUT2D eigenvalue weighted by atomic mass is 32.1. The topological polar surface area (TPSA) is 24.1 Å². The van der Waals surface area contributed by atoms with Gasteiger partial charge in [-0.25, -0.2) is 0 Å². The first-order chi connectivity index (χ1) is 9.56. The van der Waals surface area contributed by atoms with Gasteiger partial charge in [-0.1, -0.05) is 25.1 Å². The van der Waals surface area contributed by atoms with Crippen LogP contribution in [-0.4, -0.2) is 5.11 Å². The van der Waals surface area contributed by atoms with Gasteiger partial charge in [0.25, 0.3) is 0 Å². The van der Waals surface area contributed by atoms with Crippen LogP contribution >= 0.6 is 12.2 Å². The molecular weight excluding hydrogens is 264 g/mol. The van der Waals surface area contributed by atoms with E-state index < -0.39 is 0 Å². The summed E-state index contributed by atoms with van der Waals surface area (Å²) in [5, 5.41) is 7.07. The summed E-state index contributed by atoms with van der Waals surface area (Å²) < 4.78 is 0. The van der Waals surface area contributed by atoms with E-state index in [1.807, 2.05) is 12.1 Å². The van der Waals surface area contributed by atoms with Crippen LogP contribution in [0.3, 0.4) is 0 Å². The van der Waals surface area contributed by atoms with Crippen molar-refractivity contribution in [1.82, 2.24) is 0 Å². The fraction of sp³-hybridized carbons (Fsp3) is 0.235. The number of anilines is 2.